The molecule has 0 radical (unpaired) electrons. The Morgan fingerprint density at radius 3 is 2.50 bits per heavy atom. The van der Waals surface area contributed by atoms with Gasteiger partial charge in [-0.15, -0.1) is 0 Å². The number of hydrogen-bond donors (Lipinski definition) is 1. The lowest BCUT2D eigenvalue weighted by Crippen LogP contribution is -2.10. The topological polar surface area (TPSA) is 64.9 Å². The summed E-state index contributed by atoms with van der Waals surface area (Å²) in [5.41, 5.74) is 3.23. The molecule has 0 aliphatic rings. The third kappa shape index (κ3) is 3.89. The van der Waals surface area contributed by atoms with E-state index in [-0.39, 0.29) is 5.91 Å². The molecule has 0 spiro atoms. The van der Waals surface area contributed by atoms with Crippen LogP contribution in [0.25, 0.3) is 23.0 Å². The predicted octanol–water partition coefficient (Wildman–Crippen LogP) is 4.67. The molecular formula is C24H21N3O3. The molecule has 0 aliphatic carbocycles. The largest absolute Gasteiger partial charge is 0.493 e. The molecule has 0 bridgehead atoms. The third-order valence-electron chi connectivity index (χ3n) is 4.65. The fourth-order valence-electron chi connectivity index (χ4n) is 3.20. The van der Waals surface area contributed by atoms with E-state index in [2.05, 4.69) is 10.3 Å². The molecule has 0 fully saturated rings. The summed E-state index contributed by atoms with van der Waals surface area (Å²) in [5.74, 6) is 1.61. The second-order valence-corrected chi connectivity index (χ2v) is 6.54. The van der Waals surface area contributed by atoms with Crippen LogP contribution in [0.4, 0.5) is 5.82 Å². The maximum atomic E-state index is 12.7. The van der Waals surface area contributed by atoms with Crippen molar-refractivity contribution in [3.63, 3.8) is 0 Å². The Kier molecular flexibility index (Phi) is 5.48. The summed E-state index contributed by atoms with van der Waals surface area (Å²) >= 11 is 0. The lowest BCUT2D eigenvalue weighted by Gasteiger charge is -2.08. The van der Waals surface area contributed by atoms with Crippen molar-refractivity contribution in [2.24, 2.45) is 0 Å². The van der Waals surface area contributed by atoms with Gasteiger partial charge >= 0.3 is 0 Å². The molecule has 0 saturated heterocycles. The highest BCUT2D eigenvalue weighted by molar-refractivity contribution is 6.03. The van der Waals surface area contributed by atoms with Crippen molar-refractivity contribution in [3.8, 4) is 22.8 Å². The standard InChI is InChI=1S/C24H21N3O3/c1-29-19-13-11-17(16-20(19)30-2)12-14-22(28)26-24-23(18-8-4-3-5-9-18)25-21-10-6-7-15-27(21)24/h3-16H,1-2H3,(H,26,28)/b14-12+. The van der Waals surface area contributed by atoms with E-state index in [1.54, 1.807) is 26.4 Å². The van der Waals surface area contributed by atoms with Gasteiger partial charge in [0.1, 0.15) is 17.2 Å². The molecule has 2 aromatic carbocycles. The predicted molar refractivity (Wildman–Crippen MR) is 118 cm³/mol. The summed E-state index contributed by atoms with van der Waals surface area (Å²) < 4.78 is 12.4. The molecule has 4 aromatic rings. The number of benzene rings is 2. The Bertz CT molecular complexity index is 1210. The minimum atomic E-state index is -0.257. The first-order valence-corrected chi connectivity index (χ1v) is 9.43. The molecule has 30 heavy (non-hydrogen) atoms. The zero-order valence-corrected chi connectivity index (χ0v) is 16.7. The Morgan fingerprint density at radius 2 is 1.73 bits per heavy atom. The number of nitrogens with zero attached hydrogens (tertiary/aromatic N) is 2. The van der Waals surface area contributed by atoms with Crippen molar-refractivity contribution in [1.82, 2.24) is 9.38 Å². The molecule has 6 nitrogen and oxygen atoms in total. The van der Waals surface area contributed by atoms with Crippen molar-refractivity contribution in [2.45, 2.75) is 0 Å². The highest BCUT2D eigenvalue weighted by Crippen LogP contribution is 2.29. The van der Waals surface area contributed by atoms with Gasteiger partial charge in [-0.05, 0) is 35.9 Å². The number of methoxy groups -OCH3 is 2. The minimum Gasteiger partial charge on any atom is -0.493 e. The zero-order chi connectivity index (χ0) is 20.9. The number of hydrogen-bond acceptors (Lipinski definition) is 4. The van der Waals surface area contributed by atoms with Gasteiger partial charge in [-0.1, -0.05) is 42.5 Å². The van der Waals surface area contributed by atoms with Crippen LogP contribution in [0, 0.1) is 0 Å². The van der Waals surface area contributed by atoms with E-state index < -0.39 is 0 Å². The molecular weight excluding hydrogens is 378 g/mol. The first-order valence-electron chi connectivity index (χ1n) is 9.43. The van der Waals surface area contributed by atoms with Gasteiger partial charge in [0.25, 0.3) is 0 Å². The van der Waals surface area contributed by atoms with E-state index in [0.29, 0.717) is 17.3 Å². The normalized spacial score (nSPS) is 11.0. The fourth-order valence-corrected chi connectivity index (χ4v) is 3.20. The molecule has 150 valence electrons. The van der Waals surface area contributed by atoms with E-state index in [0.717, 1.165) is 22.5 Å². The van der Waals surface area contributed by atoms with E-state index in [9.17, 15) is 4.79 Å². The number of anilines is 1. The van der Waals surface area contributed by atoms with Gasteiger partial charge in [0.05, 0.1) is 14.2 Å². The highest BCUT2D eigenvalue weighted by Gasteiger charge is 2.15. The lowest BCUT2D eigenvalue weighted by molar-refractivity contribution is -0.111. The number of pyridine rings is 1. The molecule has 1 amide bonds. The van der Waals surface area contributed by atoms with E-state index in [1.165, 1.54) is 6.08 Å². The van der Waals surface area contributed by atoms with Gasteiger partial charge < -0.3 is 14.8 Å². The van der Waals surface area contributed by atoms with Crippen molar-refractivity contribution in [2.75, 3.05) is 19.5 Å². The van der Waals surface area contributed by atoms with Crippen molar-refractivity contribution < 1.29 is 14.3 Å². The van der Waals surface area contributed by atoms with Crippen LogP contribution in [-0.4, -0.2) is 29.5 Å². The average molecular weight is 399 g/mol. The van der Waals surface area contributed by atoms with Gasteiger partial charge in [-0.3, -0.25) is 9.20 Å². The zero-order valence-electron chi connectivity index (χ0n) is 16.7. The Hall–Kier alpha value is -4.06. The first kappa shape index (κ1) is 19.3. The number of amides is 1. The van der Waals surface area contributed by atoms with Crippen LogP contribution in [0.3, 0.4) is 0 Å². The Balaban J connectivity index is 1.63. The summed E-state index contributed by atoms with van der Waals surface area (Å²) in [7, 11) is 3.16. The molecule has 4 rings (SSSR count). The summed E-state index contributed by atoms with van der Waals surface area (Å²) in [6, 6.07) is 21.0. The second kappa shape index (κ2) is 8.53. The molecule has 6 heteroatoms. The number of ether oxygens (including phenoxy) is 2. The number of carbonyl (C=O) groups excluding carboxylic acids is 1. The Labute approximate surface area is 174 Å². The second-order valence-electron chi connectivity index (χ2n) is 6.54. The molecule has 1 N–H and O–H groups in total. The van der Waals surface area contributed by atoms with Gasteiger partial charge in [0, 0.05) is 17.8 Å². The van der Waals surface area contributed by atoms with Gasteiger partial charge in [-0.2, -0.15) is 0 Å². The SMILES string of the molecule is COc1ccc(/C=C/C(=O)Nc2c(-c3ccccc3)nc3ccccn23)cc1OC. The average Bonchev–Trinajstić information content (AvgIpc) is 3.16. The molecule has 0 atom stereocenters. The summed E-state index contributed by atoms with van der Waals surface area (Å²) in [5, 5.41) is 2.97. The number of fused-ring (bicyclic) bond motifs is 1. The van der Waals surface area contributed by atoms with Gasteiger partial charge in [-0.25, -0.2) is 4.98 Å². The highest BCUT2D eigenvalue weighted by atomic mass is 16.5. The lowest BCUT2D eigenvalue weighted by atomic mass is 10.1. The van der Waals surface area contributed by atoms with Crippen molar-refractivity contribution >= 4 is 23.4 Å². The monoisotopic (exact) mass is 399 g/mol. The number of imidazole rings is 1. The van der Waals surface area contributed by atoms with Crippen LogP contribution < -0.4 is 14.8 Å². The molecule has 0 aliphatic heterocycles. The summed E-state index contributed by atoms with van der Waals surface area (Å²) in [6.45, 7) is 0. The first-order chi connectivity index (χ1) is 14.7. The minimum absolute atomic E-state index is 0.257. The number of aromatic nitrogens is 2. The van der Waals surface area contributed by atoms with Crippen molar-refractivity contribution in [3.05, 3.63) is 84.6 Å². The van der Waals surface area contributed by atoms with Crippen LogP contribution in [0.5, 0.6) is 11.5 Å². The third-order valence-corrected chi connectivity index (χ3v) is 4.65. The van der Waals surface area contributed by atoms with E-state index in [1.807, 2.05) is 71.3 Å². The Morgan fingerprint density at radius 1 is 0.967 bits per heavy atom. The van der Waals surface area contributed by atoms with Gasteiger partial charge in [0.2, 0.25) is 5.91 Å². The van der Waals surface area contributed by atoms with Crippen molar-refractivity contribution in [1.29, 1.82) is 0 Å². The number of nitrogens with one attached hydrogen (secondary N) is 1. The summed E-state index contributed by atoms with van der Waals surface area (Å²) in [4.78, 5) is 17.4. The maximum Gasteiger partial charge on any atom is 0.249 e. The molecule has 2 heterocycles. The maximum absolute atomic E-state index is 12.7. The fraction of sp³-hybridized carbons (Fsp3) is 0.0833. The smallest absolute Gasteiger partial charge is 0.249 e. The van der Waals surface area contributed by atoms with E-state index >= 15 is 0 Å². The number of carbonyl (C=O) groups is 1. The van der Waals surface area contributed by atoms with Crippen LogP contribution >= 0.6 is 0 Å². The quantitative estimate of drug-likeness (QED) is 0.479. The van der Waals surface area contributed by atoms with Crippen LogP contribution in [0.1, 0.15) is 5.56 Å². The van der Waals surface area contributed by atoms with Crippen LogP contribution in [0.15, 0.2) is 79.0 Å². The number of rotatable bonds is 6. The summed E-state index contributed by atoms with van der Waals surface area (Å²) in [6.07, 6.45) is 5.09. The van der Waals surface area contributed by atoms with Gasteiger partial charge in [0.15, 0.2) is 11.5 Å². The molecule has 0 saturated carbocycles. The molecule has 0 unspecified atom stereocenters. The van der Waals surface area contributed by atoms with E-state index in [4.69, 9.17) is 9.47 Å². The van der Waals surface area contributed by atoms with Crippen LogP contribution in [0.2, 0.25) is 0 Å². The molecule has 2 aromatic heterocycles. The van der Waals surface area contributed by atoms with Crippen LogP contribution in [-0.2, 0) is 4.79 Å².